The van der Waals surface area contributed by atoms with Crippen LogP contribution in [0.5, 0.6) is 0 Å². The number of amides is 1. The lowest BCUT2D eigenvalue weighted by Crippen LogP contribution is -2.12. The van der Waals surface area contributed by atoms with Gasteiger partial charge in [0, 0.05) is 17.4 Å². The van der Waals surface area contributed by atoms with Gasteiger partial charge in [-0.3, -0.25) is 4.79 Å². The standard InChI is InChI=1S/C17H13N5OS2/c1-9-8-11(16-20-13-4-3-7-18-17(13)24-16)5-6-12(9)19-15(23)14-10(2)21-22-25-14/h3-8H,1-2H3,(H,19,23). The molecule has 124 valence electrons. The number of thiazole rings is 1. The molecule has 0 saturated carbocycles. The molecule has 0 aliphatic rings. The van der Waals surface area contributed by atoms with Gasteiger partial charge in [0.25, 0.3) is 5.91 Å². The largest absolute Gasteiger partial charge is 0.321 e. The van der Waals surface area contributed by atoms with Crippen LogP contribution in [0.4, 0.5) is 5.69 Å². The number of nitrogens with zero attached hydrogens (tertiary/aromatic N) is 4. The smallest absolute Gasteiger partial charge is 0.269 e. The van der Waals surface area contributed by atoms with Crippen LogP contribution >= 0.6 is 22.9 Å². The summed E-state index contributed by atoms with van der Waals surface area (Å²) >= 11 is 2.65. The van der Waals surface area contributed by atoms with Gasteiger partial charge in [0.2, 0.25) is 0 Å². The molecule has 0 radical (unpaired) electrons. The third-order valence-electron chi connectivity index (χ3n) is 3.75. The maximum absolute atomic E-state index is 12.3. The summed E-state index contributed by atoms with van der Waals surface area (Å²) in [6, 6.07) is 9.70. The van der Waals surface area contributed by atoms with Crippen LogP contribution in [0.1, 0.15) is 20.9 Å². The molecule has 1 N–H and O–H groups in total. The van der Waals surface area contributed by atoms with E-state index in [2.05, 4.69) is 24.9 Å². The Kier molecular flexibility index (Phi) is 3.98. The van der Waals surface area contributed by atoms with Gasteiger partial charge in [-0.1, -0.05) is 15.8 Å². The first-order valence-electron chi connectivity index (χ1n) is 7.55. The average molecular weight is 367 g/mol. The maximum atomic E-state index is 12.3. The third kappa shape index (κ3) is 3.01. The number of anilines is 1. The molecular weight excluding hydrogens is 354 g/mol. The molecule has 0 aliphatic carbocycles. The van der Waals surface area contributed by atoms with Crippen molar-refractivity contribution in [3.63, 3.8) is 0 Å². The van der Waals surface area contributed by atoms with Crippen LogP contribution in [0.2, 0.25) is 0 Å². The molecule has 4 rings (SSSR count). The van der Waals surface area contributed by atoms with Gasteiger partial charge in [-0.25, -0.2) is 9.97 Å². The van der Waals surface area contributed by atoms with Crippen molar-refractivity contribution in [1.29, 1.82) is 0 Å². The lowest BCUT2D eigenvalue weighted by molar-refractivity contribution is 0.102. The van der Waals surface area contributed by atoms with Crippen LogP contribution in [-0.2, 0) is 0 Å². The second kappa shape index (κ2) is 6.30. The number of hydrogen-bond donors (Lipinski definition) is 1. The number of hydrogen-bond acceptors (Lipinski definition) is 7. The number of aromatic nitrogens is 4. The Balaban J connectivity index is 1.62. The topological polar surface area (TPSA) is 80.7 Å². The van der Waals surface area contributed by atoms with Gasteiger partial charge in [0.15, 0.2) is 0 Å². The van der Waals surface area contributed by atoms with Crippen LogP contribution in [0.25, 0.3) is 20.9 Å². The minimum Gasteiger partial charge on any atom is -0.321 e. The summed E-state index contributed by atoms with van der Waals surface area (Å²) in [4.78, 5) is 22.7. The summed E-state index contributed by atoms with van der Waals surface area (Å²) < 4.78 is 3.80. The van der Waals surface area contributed by atoms with E-state index in [1.54, 1.807) is 24.5 Å². The van der Waals surface area contributed by atoms with Gasteiger partial charge in [0.1, 0.15) is 20.2 Å². The summed E-state index contributed by atoms with van der Waals surface area (Å²) in [5.74, 6) is -0.187. The fraction of sp³-hybridized carbons (Fsp3) is 0.118. The van der Waals surface area contributed by atoms with Crippen molar-refractivity contribution < 1.29 is 4.79 Å². The normalized spacial score (nSPS) is 11.0. The van der Waals surface area contributed by atoms with Gasteiger partial charge < -0.3 is 5.32 Å². The lowest BCUT2D eigenvalue weighted by Gasteiger charge is -2.08. The molecule has 1 amide bonds. The van der Waals surface area contributed by atoms with E-state index in [0.29, 0.717) is 10.6 Å². The predicted octanol–water partition coefficient (Wildman–Crippen LogP) is 4.08. The Morgan fingerprint density at radius 2 is 2.08 bits per heavy atom. The summed E-state index contributed by atoms with van der Waals surface area (Å²) in [6.07, 6.45) is 1.77. The summed E-state index contributed by atoms with van der Waals surface area (Å²) in [6.45, 7) is 3.73. The maximum Gasteiger partial charge on any atom is 0.269 e. The molecule has 0 bridgehead atoms. The molecule has 0 aliphatic heterocycles. The minimum absolute atomic E-state index is 0.187. The Morgan fingerprint density at radius 1 is 1.20 bits per heavy atom. The molecule has 0 unspecified atom stereocenters. The van der Waals surface area contributed by atoms with Gasteiger partial charge in [-0.05, 0) is 61.3 Å². The number of carbonyl (C=O) groups is 1. The number of fused-ring (bicyclic) bond motifs is 1. The first-order valence-corrected chi connectivity index (χ1v) is 9.13. The van der Waals surface area contributed by atoms with E-state index in [1.807, 2.05) is 37.3 Å². The highest BCUT2D eigenvalue weighted by molar-refractivity contribution is 7.21. The Hall–Kier alpha value is -2.71. The molecular formula is C17H13N5OS2. The van der Waals surface area contributed by atoms with Crippen molar-refractivity contribution in [2.75, 3.05) is 5.32 Å². The molecule has 3 aromatic heterocycles. The molecule has 4 aromatic rings. The van der Waals surface area contributed by atoms with E-state index in [4.69, 9.17) is 0 Å². The second-order valence-electron chi connectivity index (χ2n) is 5.52. The zero-order valence-corrected chi connectivity index (χ0v) is 15.1. The van der Waals surface area contributed by atoms with Gasteiger partial charge in [-0.2, -0.15) is 0 Å². The fourth-order valence-corrected chi connectivity index (χ4v) is 3.90. The first-order chi connectivity index (χ1) is 12.1. The van der Waals surface area contributed by atoms with E-state index in [-0.39, 0.29) is 5.91 Å². The van der Waals surface area contributed by atoms with Crippen molar-refractivity contribution in [3.8, 4) is 10.6 Å². The predicted molar refractivity (Wildman–Crippen MR) is 100 cm³/mol. The molecule has 3 heterocycles. The number of nitrogens with one attached hydrogen (secondary N) is 1. The quantitative estimate of drug-likeness (QED) is 0.590. The van der Waals surface area contributed by atoms with Crippen molar-refractivity contribution in [1.82, 2.24) is 19.6 Å². The Bertz CT molecular complexity index is 1050. The van der Waals surface area contributed by atoms with Crippen LogP contribution < -0.4 is 5.32 Å². The number of benzene rings is 1. The van der Waals surface area contributed by atoms with Crippen molar-refractivity contribution in [3.05, 3.63) is 52.7 Å². The Labute approximate surface area is 151 Å². The monoisotopic (exact) mass is 367 g/mol. The lowest BCUT2D eigenvalue weighted by atomic mass is 10.1. The van der Waals surface area contributed by atoms with Gasteiger partial charge in [-0.15, -0.1) is 5.10 Å². The molecule has 1 aromatic carbocycles. The van der Waals surface area contributed by atoms with E-state index in [9.17, 15) is 4.79 Å². The summed E-state index contributed by atoms with van der Waals surface area (Å²) in [7, 11) is 0. The third-order valence-corrected chi connectivity index (χ3v) is 5.60. The highest BCUT2D eigenvalue weighted by Crippen LogP contribution is 2.31. The van der Waals surface area contributed by atoms with Crippen LogP contribution in [0.15, 0.2) is 36.5 Å². The van der Waals surface area contributed by atoms with Crippen LogP contribution in [0, 0.1) is 13.8 Å². The first kappa shape index (κ1) is 15.8. The highest BCUT2D eigenvalue weighted by Gasteiger charge is 2.15. The average Bonchev–Trinajstić information content (AvgIpc) is 3.22. The van der Waals surface area contributed by atoms with E-state index >= 15 is 0 Å². The summed E-state index contributed by atoms with van der Waals surface area (Å²) in [5, 5.41) is 7.71. The SMILES string of the molecule is Cc1cc(-c2nc3cccnc3s2)ccc1NC(=O)c1snnc1C. The Morgan fingerprint density at radius 3 is 2.80 bits per heavy atom. The number of rotatable bonds is 3. The van der Waals surface area contributed by atoms with Crippen LogP contribution in [-0.4, -0.2) is 25.5 Å². The zero-order chi connectivity index (χ0) is 17.4. The van der Waals surface area contributed by atoms with Crippen LogP contribution in [0.3, 0.4) is 0 Å². The minimum atomic E-state index is -0.187. The molecule has 0 spiro atoms. The van der Waals surface area contributed by atoms with Crippen molar-refractivity contribution in [2.45, 2.75) is 13.8 Å². The van der Waals surface area contributed by atoms with E-state index < -0.39 is 0 Å². The number of carbonyl (C=O) groups excluding carboxylic acids is 1. The van der Waals surface area contributed by atoms with E-state index in [1.165, 1.54) is 0 Å². The second-order valence-corrected chi connectivity index (χ2v) is 7.25. The van der Waals surface area contributed by atoms with Crippen molar-refractivity contribution in [2.24, 2.45) is 0 Å². The summed E-state index contributed by atoms with van der Waals surface area (Å²) in [5.41, 5.74) is 4.27. The molecule has 6 nitrogen and oxygen atoms in total. The van der Waals surface area contributed by atoms with Crippen molar-refractivity contribution >= 4 is 44.8 Å². The number of pyridine rings is 1. The fourth-order valence-electron chi connectivity index (χ4n) is 2.45. The number of aryl methyl sites for hydroxylation is 2. The van der Waals surface area contributed by atoms with Gasteiger partial charge >= 0.3 is 0 Å². The zero-order valence-electron chi connectivity index (χ0n) is 13.5. The molecule has 0 fully saturated rings. The highest BCUT2D eigenvalue weighted by atomic mass is 32.1. The molecule has 25 heavy (non-hydrogen) atoms. The van der Waals surface area contributed by atoms with Gasteiger partial charge in [0.05, 0.1) is 5.69 Å². The molecule has 0 saturated heterocycles. The van der Waals surface area contributed by atoms with E-state index in [0.717, 1.165) is 43.7 Å². The molecule has 8 heteroatoms. The molecule has 0 atom stereocenters.